The van der Waals surface area contributed by atoms with E-state index in [0.717, 1.165) is 5.54 Å². The summed E-state index contributed by atoms with van der Waals surface area (Å²) in [5, 5.41) is 0. The van der Waals surface area contributed by atoms with Crippen LogP contribution in [0.4, 0.5) is 0 Å². The van der Waals surface area contributed by atoms with Gasteiger partial charge >= 0.3 is 0 Å². The third-order valence-electron chi connectivity index (χ3n) is 3.19. The first-order valence-corrected chi connectivity index (χ1v) is 9.88. The van der Waals surface area contributed by atoms with Gasteiger partial charge in [-0.2, -0.15) is 0 Å². The molecule has 0 heterocycles. The molecular weight excluding hydrogens is 198 g/mol. The third-order valence-corrected chi connectivity index (χ3v) is 5.89. The summed E-state index contributed by atoms with van der Waals surface area (Å²) in [6, 6.07) is 0. The van der Waals surface area contributed by atoms with Crippen LogP contribution in [0.15, 0.2) is 12.2 Å². The quantitative estimate of drug-likeness (QED) is 0.469. The van der Waals surface area contributed by atoms with Gasteiger partial charge in [-0.15, -0.1) is 0 Å². The summed E-state index contributed by atoms with van der Waals surface area (Å²) in [6.07, 6.45) is 5.99. The molecule has 1 unspecified atom stereocenters. The second-order valence-corrected chi connectivity index (χ2v) is 10.8. The summed E-state index contributed by atoms with van der Waals surface area (Å²) in [4.78, 5) is 2.52. The van der Waals surface area contributed by atoms with Gasteiger partial charge < -0.3 is 4.90 Å². The maximum absolute atomic E-state index is 2.52. The number of allylic oxidation sites excluding steroid dienone is 2. The average molecular weight is 227 g/mol. The van der Waals surface area contributed by atoms with Crippen molar-refractivity contribution in [2.24, 2.45) is 0 Å². The highest BCUT2D eigenvalue weighted by molar-refractivity contribution is 6.78. The molecule has 90 valence electrons. The van der Waals surface area contributed by atoms with Gasteiger partial charge in [-0.25, -0.2) is 0 Å². The molecular formula is C13H29NSi. The fourth-order valence-electron chi connectivity index (χ4n) is 1.91. The number of hydrogen-bond donors (Lipinski definition) is 0. The summed E-state index contributed by atoms with van der Waals surface area (Å²) in [5.41, 5.74) is 0.836. The van der Waals surface area contributed by atoms with E-state index < -0.39 is 8.07 Å². The lowest BCUT2D eigenvalue weighted by atomic mass is 10.2. The molecule has 0 aromatic carbocycles. The van der Waals surface area contributed by atoms with Crippen LogP contribution in [0.2, 0.25) is 25.2 Å². The standard InChI is InChI=1S/C13H29NSi/c1-7-10-13(15(4,5)6)11-12-14(8-2)9-3/h7,10,13H,8-9,11-12H2,1-6H3. The van der Waals surface area contributed by atoms with Crippen molar-refractivity contribution in [3.05, 3.63) is 12.2 Å². The summed E-state index contributed by atoms with van der Waals surface area (Å²) in [6.45, 7) is 17.7. The van der Waals surface area contributed by atoms with Crippen LogP contribution in [0.5, 0.6) is 0 Å². The molecule has 0 saturated heterocycles. The van der Waals surface area contributed by atoms with Crippen molar-refractivity contribution in [2.45, 2.75) is 52.4 Å². The van der Waals surface area contributed by atoms with Crippen LogP contribution in [0.25, 0.3) is 0 Å². The van der Waals surface area contributed by atoms with Gasteiger partial charge in [-0.3, -0.25) is 0 Å². The van der Waals surface area contributed by atoms with E-state index in [1.54, 1.807) is 0 Å². The van der Waals surface area contributed by atoms with Gasteiger partial charge in [-0.1, -0.05) is 45.6 Å². The SMILES string of the molecule is CC=CC(CCN(CC)CC)[Si](C)(C)C. The van der Waals surface area contributed by atoms with Crippen molar-refractivity contribution in [1.29, 1.82) is 0 Å². The summed E-state index contributed by atoms with van der Waals surface area (Å²) in [5.74, 6) is 0. The van der Waals surface area contributed by atoms with Crippen molar-refractivity contribution in [3.8, 4) is 0 Å². The molecule has 0 saturated carbocycles. The Morgan fingerprint density at radius 3 is 2.00 bits per heavy atom. The van der Waals surface area contributed by atoms with Gasteiger partial charge in [0, 0.05) is 0 Å². The lowest BCUT2D eigenvalue weighted by molar-refractivity contribution is 0.300. The highest BCUT2D eigenvalue weighted by Gasteiger charge is 2.24. The Labute approximate surface area is 97.6 Å². The zero-order valence-electron chi connectivity index (χ0n) is 11.5. The molecule has 0 aliphatic carbocycles. The average Bonchev–Trinajstić information content (AvgIpc) is 2.16. The molecule has 0 N–H and O–H groups in total. The molecule has 0 aliphatic rings. The van der Waals surface area contributed by atoms with Crippen LogP contribution in [-0.4, -0.2) is 32.6 Å². The molecule has 0 bridgehead atoms. The van der Waals surface area contributed by atoms with Gasteiger partial charge in [0.05, 0.1) is 8.07 Å². The highest BCUT2D eigenvalue weighted by Crippen LogP contribution is 2.27. The van der Waals surface area contributed by atoms with E-state index in [9.17, 15) is 0 Å². The Hall–Kier alpha value is -0.0831. The van der Waals surface area contributed by atoms with E-state index in [1.807, 2.05) is 0 Å². The summed E-state index contributed by atoms with van der Waals surface area (Å²) in [7, 11) is -1.01. The van der Waals surface area contributed by atoms with E-state index >= 15 is 0 Å². The molecule has 0 rings (SSSR count). The van der Waals surface area contributed by atoms with Crippen molar-refractivity contribution in [3.63, 3.8) is 0 Å². The Morgan fingerprint density at radius 1 is 1.13 bits per heavy atom. The minimum Gasteiger partial charge on any atom is -0.304 e. The Kier molecular flexibility index (Phi) is 7.19. The van der Waals surface area contributed by atoms with Gasteiger partial charge in [0.2, 0.25) is 0 Å². The molecule has 0 radical (unpaired) electrons. The first kappa shape index (κ1) is 14.9. The van der Waals surface area contributed by atoms with E-state index in [1.165, 1.54) is 26.1 Å². The molecule has 0 spiro atoms. The zero-order valence-corrected chi connectivity index (χ0v) is 12.5. The van der Waals surface area contributed by atoms with Crippen molar-refractivity contribution in [2.75, 3.05) is 19.6 Å². The fourth-order valence-corrected chi connectivity index (χ4v) is 3.68. The van der Waals surface area contributed by atoms with Crippen LogP contribution in [-0.2, 0) is 0 Å². The third kappa shape index (κ3) is 6.16. The number of hydrogen-bond acceptors (Lipinski definition) is 1. The lowest BCUT2D eigenvalue weighted by Gasteiger charge is -2.28. The second-order valence-electron chi connectivity index (χ2n) is 5.31. The summed E-state index contributed by atoms with van der Waals surface area (Å²) >= 11 is 0. The smallest absolute Gasteiger partial charge is 0.0514 e. The molecule has 1 nitrogen and oxygen atoms in total. The van der Waals surface area contributed by atoms with Gasteiger partial charge in [0.25, 0.3) is 0 Å². The van der Waals surface area contributed by atoms with E-state index in [0.29, 0.717) is 0 Å². The van der Waals surface area contributed by atoms with Gasteiger partial charge in [-0.05, 0) is 38.5 Å². The molecule has 0 aromatic heterocycles. The Bertz CT molecular complexity index is 177. The maximum Gasteiger partial charge on any atom is 0.0514 e. The number of nitrogens with zero attached hydrogens (tertiary/aromatic N) is 1. The molecule has 15 heavy (non-hydrogen) atoms. The molecule has 0 fully saturated rings. The van der Waals surface area contributed by atoms with Crippen molar-refractivity contribution in [1.82, 2.24) is 4.90 Å². The molecule has 1 atom stereocenters. The minimum absolute atomic E-state index is 0.836. The van der Waals surface area contributed by atoms with Crippen LogP contribution in [0.3, 0.4) is 0 Å². The monoisotopic (exact) mass is 227 g/mol. The van der Waals surface area contributed by atoms with E-state index in [4.69, 9.17) is 0 Å². The zero-order chi connectivity index (χ0) is 11.9. The normalized spacial score (nSPS) is 15.1. The van der Waals surface area contributed by atoms with Gasteiger partial charge in [0.1, 0.15) is 0 Å². The summed E-state index contributed by atoms with van der Waals surface area (Å²) < 4.78 is 0. The van der Waals surface area contributed by atoms with Gasteiger partial charge in [0.15, 0.2) is 0 Å². The van der Waals surface area contributed by atoms with Crippen molar-refractivity contribution >= 4 is 8.07 Å². The predicted octanol–water partition coefficient (Wildman–Crippen LogP) is 4.00. The van der Waals surface area contributed by atoms with Crippen molar-refractivity contribution < 1.29 is 0 Å². The first-order valence-electron chi connectivity index (χ1n) is 6.30. The van der Waals surface area contributed by atoms with Crippen LogP contribution >= 0.6 is 0 Å². The molecule has 0 aromatic rings. The Balaban J connectivity index is 4.19. The molecule has 0 amide bonds. The largest absolute Gasteiger partial charge is 0.304 e. The Morgan fingerprint density at radius 2 is 1.67 bits per heavy atom. The molecule has 2 heteroatoms. The topological polar surface area (TPSA) is 3.24 Å². The van der Waals surface area contributed by atoms with Crippen LogP contribution in [0.1, 0.15) is 27.2 Å². The lowest BCUT2D eigenvalue weighted by Crippen LogP contribution is -2.31. The first-order chi connectivity index (χ1) is 6.95. The maximum atomic E-state index is 2.52. The highest BCUT2D eigenvalue weighted by atomic mass is 28.3. The van der Waals surface area contributed by atoms with Crippen LogP contribution in [0, 0.1) is 0 Å². The second kappa shape index (κ2) is 7.23. The van der Waals surface area contributed by atoms with Crippen LogP contribution < -0.4 is 0 Å². The predicted molar refractivity (Wildman–Crippen MR) is 74.3 cm³/mol. The van der Waals surface area contributed by atoms with E-state index in [2.05, 4.69) is 57.5 Å². The number of rotatable bonds is 7. The molecule has 0 aliphatic heterocycles. The minimum atomic E-state index is -1.01. The fraction of sp³-hybridized carbons (Fsp3) is 0.846. The van der Waals surface area contributed by atoms with E-state index in [-0.39, 0.29) is 0 Å².